The number of benzene rings is 2. The molecule has 5 nitrogen and oxygen atoms in total. The van der Waals surface area contributed by atoms with Crippen LogP contribution in [0.2, 0.25) is 0 Å². The molecule has 3 rings (SSSR count). The summed E-state index contributed by atoms with van der Waals surface area (Å²) in [5, 5.41) is 5.78. The number of hydrogen-bond donors (Lipinski definition) is 2. The molecule has 1 heterocycles. The van der Waals surface area contributed by atoms with Crippen molar-refractivity contribution in [3.8, 4) is 5.75 Å². The molecule has 0 bridgehead atoms. The number of thioether (sulfide) groups is 1. The van der Waals surface area contributed by atoms with E-state index in [9.17, 15) is 9.59 Å². The van der Waals surface area contributed by atoms with Gasteiger partial charge in [-0.2, -0.15) is 0 Å². The molecule has 1 aliphatic rings. The van der Waals surface area contributed by atoms with E-state index in [1.165, 1.54) is 11.8 Å². The van der Waals surface area contributed by atoms with Gasteiger partial charge < -0.3 is 15.4 Å². The summed E-state index contributed by atoms with van der Waals surface area (Å²) < 4.78 is 5.20. The second-order valence-corrected chi connectivity index (χ2v) is 6.39. The molecule has 0 aliphatic carbocycles. The number of hydrogen-bond acceptors (Lipinski definition) is 4. The Balaban J connectivity index is 1.59. The van der Waals surface area contributed by atoms with Crippen molar-refractivity contribution < 1.29 is 14.3 Å². The van der Waals surface area contributed by atoms with E-state index in [0.717, 1.165) is 16.1 Å². The third kappa shape index (κ3) is 3.71. The van der Waals surface area contributed by atoms with Crippen molar-refractivity contribution in [3.05, 3.63) is 53.6 Å². The molecular weight excluding hydrogens is 324 g/mol. The van der Waals surface area contributed by atoms with Gasteiger partial charge in [0.05, 0.1) is 24.1 Å². The van der Waals surface area contributed by atoms with Gasteiger partial charge in [-0.15, -0.1) is 11.8 Å². The molecule has 0 saturated carbocycles. The van der Waals surface area contributed by atoms with Crippen LogP contribution >= 0.6 is 11.8 Å². The van der Waals surface area contributed by atoms with Crippen LogP contribution in [-0.2, 0) is 11.2 Å². The van der Waals surface area contributed by atoms with Gasteiger partial charge in [-0.3, -0.25) is 9.59 Å². The highest BCUT2D eigenvalue weighted by Crippen LogP contribution is 2.32. The first-order valence-corrected chi connectivity index (χ1v) is 8.63. The van der Waals surface area contributed by atoms with Crippen LogP contribution in [0.3, 0.4) is 0 Å². The third-order valence-corrected chi connectivity index (χ3v) is 4.80. The molecule has 0 unspecified atom stereocenters. The summed E-state index contributed by atoms with van der Waals surface area (Å²) in [6.45, 7) is 0.511. The van der Waals surface area contributed by atoms with Crippen molar-refractivity contribution in [1.29, 1.82) is 0 Å². The molecule has 6 heteroatoms. The minimum absolute atomic E-state index is 0.0223. The second kappa shape index (κ2) is 7.40. The summed E-state index contributed by atoms with van der Waals surface area (Å²) >= 11 is 1.54. The van der Waals surface area contributed by atoms with Gasteiger partial charge in [0, 0.05) is 11.4 Å². The summed E-state index contributed by atoms with van der Waals surface area (Å²) in [4.78, 5) is 24.8. The number of methoxy groups -OCH3 is 1. The van der Waals surface area contributed by atoms with Crippen molar-refractivity contribution in [2.24, 2.45) is 0 Å². The molecule has 2 aromatic carbocycles. The lowest BCUT2D eigenvalue weighted by Crippen LogP contribution is -2.26. The maximum absolute atomic E-state index is 12.2. The lowest BCUT2D eigenvalue weighted by atomic mass is 10.1. The number of ether oxygens (including phenoxy) is 1. The summed E-state index contributed by atoms with van der Waals surface area (Å²) in [5.41, 5.74) is 2.44. The fourth-order valence-corrected chi connectivity index (χ4v) is 3.32. The van der Waals surface area contributed by atoms with Crippen molar-refractivity contribution in [2.45, 2.75) is 11.3 Å². The van der Waals surface area contributed by atoms with Crippen LogP contribution in [-0.4, -0.2) is 31.2 Å². The number of fused-ring (bicyclic) bond motifs is 1. The molecule has 124 valence electrons. The number of rotatable bonds is 5. The van der Waals surface area contributed by atoms with Crippen molar-refractivity contribution in [3.63, 3.8) is 0 Å². The first-order chi connectivity index (χ1) is 11.7. The molecule has 0 atom stereocenters. The Labute approximate surface area is 144 Å². The molecule has 2 amide bonds. The Morgan fingerprint density at radius 1 is 1.29 bits per heavy atom. The average molecular weight is 342 g/mol. The van der Waals surface area contributed by atoms with Gasteiger partial charge in [0.15, 0.2) is 0 Å². The molecule has 0 fully saturated rings. The largest absolute Gasteiger partial charge is 0.496 e. The summed E-state index contributed by atoms with van der Waals surface area (Å²) in [7, 11) is 1.55. The highest BCUT2D eigenvalue weighted by molar-refractivity contribution is 8.00. The van der Waals surface area contributed by atoms with Gasteiger partial charge >= 0.3 is 0 Å². The van der Waals surface area contributed by atoms with Gasteiger partial charge in [0.2, 0.25) is 5.91 Å². The van der Waals surface area contributed by atoms with Gasteiger partial charge in [-0.05, 0) is 36.2 Å². The minimum Gasteiger partial charge on any atom is -0.496 e. The lowest BCUT2D eigenvalue weighted by Gasteiger charge is -2.17. The van der Waals surface area contributed by atoms with Gasteiger partial charge in [-0.25, -0.2) is 0 Å². The molecule has 0 radical (unpaired) electrons. The number of anilines is 1. The zero-order chi connectivity index (χ0) is 16.9. The van der Waals surface area contributed by atoms with Crippen LogP contribution in [0.4, 0.5) is 5.69 Å². The van der Waals surface area contributed by atoms with Gasteiger partial charge in [0.1, 0.15) is 5.75 Å². The predicted molar refractivity (Wildman–Crippen MR) is 94.8 cm³/mol. The van der Waals surface area contributed by atoms with Crippen LogP contribution in [0.25, 0.3) is 0 Å². The van der Waals surface area contributed by atoms with Crippen molar-refractivity contribution in [1.82, 2.24) is 5.32 Å². The van der Waals surface area contributed by atoms with E-state index < -0.39 is 0 Å². The normalized spacial score (nSPS) is 13.0. The van der Waals surface area contributed by atoms with Gasteiger partial charge in [-0.1, -0.05) is 18.2 Å². The van der Waals surface area contributed by atoms with E-state index >= 15 is 0 Å². The summed E-state index contributed by atoms with van der Waals surface area (Å²) in [6.07, 6.45) is 0.689. The van der Waals surface area contributed by atoms with E-state index in [0.29, 0.717) is 30.0 Å². The summed E-state index contributed by atoms with van der Waals surface area (Å²) in [5.74, 6) is 0.883. The molecule has 24 heavy (non-hydrogen) atoms. The maximum Gasteiger partial charge on any atom is 0.255 e. The molecule has 2 aromatic rings. The van der Waals surface area contributed by atoms with Crippen molar-refractivity contribution >= 4 is 29.3 Å². The number of amides is 2. The zero-order valence-electron chi connectivity index (χ0n) is 13.3. The fourth-order valence-electron chi connectivity index (χ4n) is 2.53. The monoisotopic (exact) mass is 342 g/mol. The third-order valence-electron chi connectivity index (χ3n) is 3.73. The Bertz CT molecular complexity index is 777. The van der Waals surface area contributed by atoms with Crippen LogP contribution < -0.4 is 15.4 Å². The highest BCUT2D eigenvalue weighted by atomic mass is 32.2. The smallest absolute Gasteiger partial charge is 0.255 e. The first kappa shape index (κ1) is 16.4. The predicted octanol–water partition coefficient (Wildman–Crippen LogP) is 2.71. The SMILES string of the molecule is COc1ccccc1C(=O)NCCc1ccc2c(c1)NC(=O)CS2. The molecular formula is C18H18N2O3S. The average Bonchev–Trinajstić information content (AvgIpc) is 2.61. The standard InChI is InChI=1S/C18H18N2O3S/c1-23-15-5-3-2-4-13(15)18(22)19-9-8-12-6-7-16-14(10-12)20-17(21)11-24-16/h2-7,10H,8-9,11H2,1H3,(H,19,22)(H,20,21). The number of para-hydroxylation sites is 1. The highest BCUT2D eigenvalue weighted by Gasteiger charge is 2.15. The molecule has 2 N–H and O–H groups in total. The Morgan fingerprint density at radius 2 is 2.12 bits per heavy atom. The van der Waals surface area contributed by atoms with E-state index in [2.05, 4.69) is 10.6 Å². The van der Waals surface area contributed by atoms with Crippen LogP contribution in [0.15, 0.2) is 47.4 Å². The Hall–Kier alpha value is -2.47. The van der Waals surface area contributed by atoms with Crippen LogP contribution in [0.1, 0.15) is 15.9 Å². The van der Waals surface area contributed by atoms with E-state index in [1.807, 2.05) is 24.3 Å². The van der Waals surface area contributed by atoms with E-state index in [4.69, 9.17) is 4.74 Å². The molecule has 0 aromatic heterocycles. The molecule has 0 spiro atoms. The van der Waals surface area contributed by atoms with Gasteiger partial charge in [0.25, 0.3) is 5.91 Å². The topological polar surface area (TPSA) is 67.4 Å². The van der Waals surface area contributed by atoms with Crippen LogP contribution in [0, 0.1) is 0 Å². The molecule has 1 aliphatic heterocycles. The molecule has 0 saturated heterocycles. The quantitative estimate of drug-likeness (QED) is 0.877. The van der Waals surface area contributed by atoms with E-state index in [1.54, 1.807) is 25.3 Å². The second-order valence-electron chi connectivity index (χ2n) is 5.37. The fraction of sp³-hybridized carbons (Fsp3) is 0.222. The first-order valence-electron chi connectivity index (χ1n) is 7.64. The maximum atomic E-state index is 12.2. The Kier molecular flexibility index (Phi) is 5.05. The zero-order valence-corrected chi connectivity index (χ0v) is 14.1. The van der Waals surface area contributed by atoms with E-state index in [-0.39, 0.29) is 11.8 Å². The number of carbonyl (C=O) groups excluding carboxylic acids is 2. The summed E-state index contributed by atoms with van der Waals surface area (Å²) in [6, 6.07) is 13.1. The van der Waals surface area contributed by atoms with Crippen LogP contribution in [0.5, 0.6) is 5.75 Å². The van der Waals surface area contributed by atoms with Crippen molar-refractivity contribution in [2.75, 3.05) is 24.7 Å². The lowest BCUT2D eigenvalue weighted by molar-refractivity contribution is -0.113. The number of carbonyl (C=O) groups is 2. The minimum atomic E-state index is -0.158. The Morgan fingerprint density at radius 3 is 2.96 bits per heavy atom. The number of nitrogens with one attached hydrogen (secondary N) is 2.